The van der Waals surface area contributed by atoms with E-state index in [1.165, 1.54) is 12.8 Å². The molecule has 1 aliphatic heterocycles. The largest absolute Gasteiger partial charge is 0.369 e. The zero-order chi connectivity index (χ0) is 24.3. The molecule has 1 amide bonds. The Hall–Kier alpha value is -3.29. The van der Waals surface area contributed by atoms with Gasteiger partial charge >= 0.3 is 0 Å². The van der Waals surface area contributed by atoms with Crippen molar-refractivity contribution >= 4 is 34.1 Å². The molecule has 4 heterocycles. The molecule has 2 aliphatic rings. The molecule has 1 unspecified atom stereocenters. The lowest BCUT2D eigenvalue weighted by Crippen LogP contribution is -2.31. The van der Waals surface area contributed by atoms with Crippen LogP contribution in [0.15, 0.2) is 42.7 Å². The number of hydrogen-bond donors (Lipinski definition) is 0. The van der Waals surface area contributed by atoms with Crippen molar-refractivity contribution in [2.45, 2.75) is 51.9 Å². The highest BCUT2D eigenvalue weighted by atomic mass is 35.5. The number of rotatable bonds is 5. The van der Waals surface area contributed by atoms with Crippen molar-refractivity contribution in [1.29, 1.82) is 0 Å². The lowest BCUT2D eigenvalue weighted by molar-refractivity contribution is 0.0799. The number of pyridine rings is 2. The number of carbonyl (C=O) groups is 1. The topological polar surface area (TPSA) is 73.1 Å². The van der Waals surface area contributed by atoms with Crippen LogP contribution in [0.2, 0.25) is 5.15 Å². The second-order valence-corrected chi connectivity index (χ2v) is 9.87. The average molecular weight is 488 g/mol. The molecule has 7 nitrogen and oxygen atoms in total. The molecule has 1 aliphatic carbocycles. The number of ether oxygens (including phenoxy) is 1. The van der Waals surface area contributed by atoms with E-state index < -0.39 is 0 Å². The predicted molar refractivity (Wildman–Crippen MR) is 135 cm³/mol. The summed E-state index contributed by atoms with van der Waals surface area (Å²) >= 11 is 6.52. The molecular formula is C27H26ClN5O2. The number of anilines is 1. The van der Waals surface area contributed by atoms with Gasteiger partial charge in [-0.15, -0.1) is 0 Å². The van der Waals surface area contributed by atoms with E-state index in [2.05, 4.69) is 21.1 Å². The first-order chi connectivity index (χ1) is 16.9. The van der Waals surface area contributed by atoms with E-state index in [0.29, 0.717) is 29.8 Å². The highest BCUT2D eigenvalue weighted by Crippen LogP contribution is 2.40. The van der Waals surface area contributed by atoms with Gasteiger partial charge in [-0.3, -0.25) is 14.5 Å². The molecule has 0 bridgehead atoms. The number of benzene rings is 1. The lowest BCUT2D eigenvalue weighted by atomic mass is 10.0. The third kappa shape index (κ3) is 3.98. The van der Waals surface area contributed by atoms with E-state index in [1.807, 2.05) is 51.4 Å². The Bertz CT molecular complexity index is 1460. The van der Waals surface area contributed by atoms with Crippen LogP contribution in [0.5, 0.6) is 0 Å². The summed E-state index contributed by atoms with van der Waals surface area (Å²) in [4.78, 5) is 24.7. The van der Waals surface area contributed by atoms with Crippen molar-refractivity contribution in [1.82, 2.24) is 19.7 Å². The molecule has 0 radical (unpaired) electrons. The molecule has 8 heteroatoms. The minimum atomic E-state index is -0.113. The van der Waals surface area contributed by atoms with Crippen LogP contribution in [0.4, 0.5) is 5.69 Å². The van der Waals surface area contributed by atoms with Crippen molar-refractivity contribution in [3.05, 3.63) is 81.5 Å². The minimum Gasteiger partial charge on any atom is -0.369 e. The molecule has 3 aromatic heterocycles. The zero-order valence-corrected chi connectivity index (χ0v) is 20.7. The molecule has 0 spiro atoms. The standard InChI is InChI=1S/C27H26ClN5O2/c1-15-24(13-32(3)31-15)33(27(34)19-7-9-22(29-11-19)18-5-6-18)12-17-4-8-20-21-14-35-16(2)25(21)26(28)30-23(20)10-17/h4,7-11,13,16,18H,5-6,12,14H2,1-3H3. The van der Waals surface area contributed by atoms with E-state index in [9.17, 15) is 4.79 Å². The van der Waals surface area contributed by atoms with Gasteiger partial charge in [-0.2, -0.15) is 5.10 Å². The molecule has 1 saturated carbocycles. The number of hydrogen-bond acceptors (Lipinski definition) is 5. The molecule has 1 aromatic carbocycles. The zero-order valence-electron chi connectivity index (χ0n) is 20.0. The fourth-order valence-corrected chi connectivity index (χ4v) is 5.29. The van der Waals surface area contributed by atoms with Crippen molar-refractivity contribution < 1.29 is 9.53 Å². The Morgan fingerprint density at radius 2 is 2.09 bits per heavy atom. The lowest BCUT2D eigenvalue weighted by Gasteiger charge is -2.22. The predicted octanol–water partition coefficient (Wildman–Crippen LogP) is 5.64. The van der Waals surface area contributed by atoms with E-state index in [4.69, 9.17) is 16.3 Å². The average Bonchev–Trinajstić information content (AvgIpc) is 3.54. The molecule has 0 N–H and O–H groups in total. The van der Waals surface area contributed by atoms with Gasteiger partial charge in [-0.05, 0) is 56.0 Å². The van der Waals surface area contributed by atoms with Gasteiger partial charge in [0, 0.05) is 42.0 Å². The van der Waals surface area contributed by atoms with Gasteiger partial charge in [0.2, 0.25) is 0 Å². The highest BCUT2D eigenvalue weighted by Gasteiger charge is 2.28. The number of aryl methyl sites for hydroxylation is 2. The normalized spacial score (nSPS) is 17.1. The van der Waals surface area contributed by atoms with Gasteiger partial charge in [0.15, 0.2) is 0 Å². The Kier molecular flexibility index (Phi) is 5.34. The van der Waals surface area contributed by atoms with Gasteiger partial charge < -0.3 is 9.64 Å². The minimum absolute atomic E-state index is 0.0596. The van der Waals surface area contributed by atoms with Gasteiger partial charge in [0.25, 0.3) is 5.91 Å². The molecule has 4 aromatic rings. The number of carbonyl (C=O) groups excluding carboxylic acids is 1. The summed E-state index contributed by atoms with van der Waals surface area (Å²) in [5.41, 5.74) is 6.99. The van der Waals surface area contributed by atoms with E-state index in [0.717, 1.165) is 44.7 Å². The summed E-state index contributed by atoms with van der Waals surface area (Å²) in [5, 5.41) is 5.98. The Morgan fingerprint density at radius 1 is 1.26 bits per heavy atom. The Balaban J connectivity index is 1.37. The fraction of sp³-hybridized carbons (Fsp3) is 0.333. The first-order valence-corrected chi connectivity index (χ1v) is 12.3. The van der Waals surface area contributed by atoms with Crippen LogP contribution >= 0.6 is 11.6 Å². The van der Waals surface area contributed by atoms with E-state index in [-0.39, 0.29) is 12.0 Å². The Labute approximate surface area is 208 Å². The number of nitrogens with zero attached hydrogens (tertiary/aromatic N) is 5. The second kappa shape index (κ2) is 8.43. The monoisotopic (exact) mass is 487 g/mol. The van der Waals surface area contributed by atoms with Crippen LogP contribution in [0.1, 0.15) is 70.2 Å². The smallest absolute Gasteiger partial charge is 0.260 e. The SMILES string of the molecule is Cc1nn(C)cc1N(Cc1ccc2c3c(c(Cl)nc2c1)C(C)OC3)C(=O)c1ccc(C2CC2)nc1. The van der Waals surface area contributed by atoms with Crippen molar-refractivity contribution in [2.75, 3.05) is 4.90 Å². The highest BCUT2D eigenvalue weighted by molar-refractivity contribution is 6.31. The molecular weight excluding hydrogens is 462 g/mol. The van der Waals surface area contributed by atoms with Crippen LogP contribution in [-0.2, 0) is 24.9 Å². The van der Waals surface area contributed by atoms with Gasteiger partial charge in [-0.25, -0.2) is 4.98 Å². The quantitative estimate of drug-likeness (QED) is 0.340. The van der Waals surface area contributed by atoms with Crippen LogP contribution in [-0.4, -0.2) is 25.7 Å². The summed E-state index contributed by atoms with van der Waals surface area (Å²) in [6.07, 6.45) is 5.86. The summed E-state index contributed by atoms with van der Waals surface area (Å²) in [5.74, 6) is 0.431. The number of aromatic nitrogens is 4. The molecule has 1 fully saturated rings. The maximum Gasteiger partial charge on any atom is 0.260 e. The van der Waals surface area contributed by atoms with Gasteiger partial charge in [0.05, 0.1) is 41.7 Å². The Morgan fingerprint density at radius 3 is 2.77 bits per heavy atom. The summed E-state index contributed by atoms with van der Waals surface area (Å²) in [6.45, 7) is 4.80. The van der Waals surface area contributed by atoms with Gasteiger partial charge in [-0.1, -0.05) is 23.7 Å². The summed E-state index contributed by atoms with van der Waals surface area (Å²) in [7, 11) is 1.86. The van der Waals surface area contributed by atoms with Crippen molar-refractivity contribution in [3.8, 4) is 0 Å². The van der Waals surface area contributed by atoms with Crippen LogP contribution in [0.25, 0.3) is 10.9 Å². The van der Waals surface area contributed by atoms with Crippen molar-refractivity contribution in [3.63, 3.8) is 0 Å². The summed E-state index contributed by atoms with van der Waals surface area (Å²) < 4.78 is 7.52. The van der Waals surface area contributed by atoms with E-state index >= 15 is 0 Å². The maximum atomic E-state index is 13.7. The van der Waals surface area contributed by atoms with Crippen molar-refractivity contribution in [2.24, 2.45) is 7.05 Å². The molecule has 1 atom stereocenters. The molecule has 6 rings (SSSR count). The second-order valence-electron chi connectivity index (χ2n) is 9.51. The fourth-order valence-electron chi connectivity index (χ4n) is 4.93. The molecule has 0 saturated heterocycles. The number of amides is 1. The molecule has 35 heavy (non-hydrogen) atoms. The van der Waals surface area contributed by atoms with Crippen LogP contribution < -0.4 is 4.90 Å². The maximum absolute atomic E-state index is 13.7. The van der Waals surface area contributed by atoms with Gasteiger partial charge in [0.1, 0.15) is 5.15 Å². The number of fused-ring (bicyclic) bond motifs is 3. The first-order valence-electron chi connectivity index (χ1n) is 11.9. The van der Waals surface area contributed by atoms with E-state index in [1.54, 1.807) is 15.8 Å². The van der Waals surface area contributed by atoms with Crippen LogP contribution in [0.3, 0.4) is 0 Å². The third-order valence-electron chi connectivity index (χ3n) is 6.93. The molecule has 178 valence electrons. The summed E-state index contributed by atoms with van der Waals surface area (Å²) in [6, 6.07) is 9.96. The van der Waals surface area contributed by atoms with Crippen LogP contribution in [0, 0.1) is 6.92 Å². The number of halogens is 1. The third-order valence-corrected chi connectivity index (χ3v) is 7.22. The first kappa shape index (κ1) is 22.2.